The van der Waals surface area contributed by atoms with Crippen LogP contribution in [-0.2, 0) is 21.8 Å². The molecule has 0 unspecified atom stereocenters. The van der Waals surface area contributed by atoms with E-state index in [1.165, 1.54) is 28.0 Å². The number of hydrogen-bond donors (Lipinski definition) is 1. The van der Waals surface area contributed by atoms with Gasteiger partial charge in [-0.05, 0) is 79.3 Å². The van der Waals surface area contributed by atoms with E-state index in [0.717, 1.165) is 23.3 Å². The van der Waals surface area contributed by atoms with Crippen LogP contribution in [0.4, 0.5) is 5.13 Å². The quantitative estimate of drug-likeness (QED) is 0.0512. The molecule has 4 aromatic rings. The normalized spacial score (nSPS) is 18.3. The van der Waals surface area contributed by atoms with Crippen LogP contribution in [0.2, 0.25) is 5.02 Å². The standard InChI is InChI=1S/C36H36ClN3O6S2/c1-5-44-29-18-22(10-13-28(29)45-15-14-20(2)3)31-30(32(41)23-11-12-27-25(17-23)16-21(4)46-27)33(42)34(43)40(31)35-38-39-36(48-35)47-19-24-8-6-7-9-26(24)37/h6-13,17-18,20-21,31,41H,5,14-16,19H2,1-4H3/t21-,31+/m0/s1. The van der Waals surface area contributed by atoms with Crippen molar-refractivity contribution in [1.82, 2.24) is 10.2 Å². The Bertz CT molecular complexity index is 1880. The number of nitrogens with zero attached hydrogens (tertiary/aromatic N) is 3. The van der Waals surface area contributed by atoms with E-state index in [2.05, 4.69) is 24.0 Å². The lowest BCUT2D eigenvalue weighted by Crippen LogP contribution is -2.29. The molecule has 12 heteroatoms. The van der Waals surface area contributed by atoms with Gasteiger partial charge in [0.15, 0.2) is 15.8 Å². The number of thioether (sulfide) groups is 1. The fraction of sp³-hybridized carbons (Fsp3) is 0.333. The third-order valence-electron chi connectivity index (χ3n) is 8.06. The maximum atomic E-state index is 13.9. The molecule has 0 spiro atoms. The first-order valence-corrected chi connectivity index (χ1v) is 18.0. The van der Waals surface area contributed by atoms with Crippen LogP contribution in [0.1, 0.15) is 62.4 Å². The summed E-state index contributed by atoms with van der Waals surface area (Å²) in [6.45, 7) is 8.99. The molecule has 0 bridgehead atoms. The van der Waals surface area contributed by atoms with Crippen molar-refractivity contribution < 1.29 is 28.9 Å². The van der Waals surface area contributed by atoms with Gasteiger partial charge in [0.1, 0.15) is 17.6 Å². The Labute approximate surface area is 292 Å². The molecule has 0 aliphatic carbocycles. The van der Waals surface area contributed by atoms with E-state index in [-0.39, 0.29) is 22.6 Å². The van der Waals surface area contributed by atoms with Gasteiger partial charge in [-0.2, -0.15) is 0 Å². The third kappa shape index (κ3) is 7.04. The van der Waals surface area contributed by atoms with E-state index in [1.54, 1.807) is 30.3 Å². The number of carbonyl (C=O) groups excluding carboxylic acids is 2. The first kappa shape index (κ1) is 33.8. The number of fused-ring (bicyclic) bond motifs is 1. The number of Topliss-reactive ketones (excluding diaryl/α,β-unsaturated/α-hetero) is 1. The number of anilines is 1. The van der Waals surface area contributed by atoms with Gasteiger partial charge < -0.3 is 19.3 Å². The van der Waals surface area contributed by atoms with Crippen molar-refractivity contribution in [2.45, 2.75) is 62.8 Å². The zero-order valence-electron chi connectivity index (χ0n) is 27.1. The number of carbonyl (C=O) groups is 2. The zero-order chi connectivity index (χ0) is 33.9. The van der Waals surface area contributed by atoms with Crippen LogP contribution in [0.5, 0.6) is 17.2 Å². The molecule has 6 rings (SSSR count). The summed E-state index contributed by atoms with van der Waals surface area (Å²) in [5, 5.41) is 21.3. The smallest absolute Gasteiger partial charge is 0.301 e. The summed E-state index contributed by atoms with van der Waals surface area (Å²) in [6.07, 6.45) is 1.54. The molecule has 9 nitrogen and oxygen atoms in total. The van der Waals surface area contributed by atoms with Crippen LogP contribution in [-0.4, -0.2) is 46.3 Å². The number of benzene rings is 3. The summed E-state index contributed by atoms with van der Waals surface area (Å²) in [5.74, 6) is 0.867. The van der Waals surface area contributed by atoms with Crippen molar-refractivity contribution in [1.29, 1.82) is 0 Å². The zero-order valence-corrected chi connectivity index (χ0v) is 29.5. The maximum absolute atomic E-state index is 13.9. The van der Waals surface area contributed by atoms with E-state index in [9.17, 15) is 14.7 Å². The van der Waals surface area contributed by atoms with Crippen LogP contribution >= 0.6 is 34.7 Å². The molecular weight excluding hydrogens is 670 g/mol. The van der Waals surface area contributed by atoms with Crippen molar-refractivity contribution in [3.63, 3.8) is 0 Å². The number of ether oxygens (including phenoxy) is 3. The van der Waals surface area contributed by atoms with Crippen LogP contribution in [0, 0.1) is 5.92 Å². The number of aromatic nitrogens is 2. The Balaban J connectivity index is 1.41. The fourth-order valence-corrected chi connectivity index (χ4v) is 7.82. The molecule has 0 saturated carbocycles. The number of amides is 1. The van der Waals surface area contributed by atoms with Crippen molar-refractivity contribution in [2.75, 3.05) is 18.1 Å². The lowest BCUT2D eigenvalue weighted by Gasteiger charge is -2.24. The van der Waals surface area contributed by atoms with Gasteiger partial charge in [0.25, 0.3) is 5.78 Å². The minimum atomic E-state index is -1.01. The predicted octanol–water partition coefficient (Wildman–Crippen LogP) is 8.26. The van der Waals surface area contributed by atoms with Gasteiger partial charge in [-0.1, -0.05) is 72.8 Å². The molecule has 2 atom stereocenters. The lowest BCUT2D eigenvalue weighted by molar-refractivity contribution is -0.132. The van der Waals surface area contributed by atoms with E-state index >= 15 is 0 Å². The molecule has 1 fully saturated rings. The maximum Gasteiger partial charge on any atom is 0.301 e. The number of aliphatic hydroxyl groups is 1. The second kappa shape index (κ2) is 14.6. The second-order valence-corrected chi connectivity index (χ2v) is 14.6. The highest BCUT2D eigenvalue weighted by Crippen LogP contribution is 2.46. The summed E-state index contributed by atoms with van der Waals surface area (Å²) in [4.78, 5) is 29.0. The van der Waals surface area contributed by atoms with E-state index in [4.69, 9.17) is 25.8 Å². The Morgan fingerprint density at radius 3 is 2.69 bits per heavy atom. The molecule has 1 saturated heterocycles. The monoisotopic (exact) mass is 705 g/mol. The molecule has 2 aliphatic rings. The summed E-state index contributed by atoms with van der Waals surface area (Å²) in [7, 11) is 0. The van der Waals surface area contributed by atoms with Crippen molar-refractivity contribution in [2.24, 2.45) is 5.92 Å². The first-order chi connectivity index (χ1) is 23.1. The van der Waals surface area contributed by atoms with E-state index in [1.807, 2.05) is 44.2 Å². The Kier molecular flexibility index (Phi) is 10.3. The largest absolute Gasteiger partial charge is 0.507 e. The highest BCUT2D eigenvalue weighted by atomic mass is 35.5. The highest BCUT2D eigenvalue weighted by Gasteiger charge is 2.48. The average Bonchev–Trinajstić information content (AvgIpc) is 3.75. The molecule has 2 aliphatic heterocycles. The summed E-state index contributed by atoms with van der Waals surface area (Å²) >= 11 is 8.97. The minimum absolute atomic E-state index is 0.00335. The van der Waals surface area contributed by atoms with Gasteiger partial charge in [0.2, 0.25) is 5.13 Å². The Morgan fingerprint density at radius 1 is 1.10 bits per heavy atom. The molecular formula is C36H36ClN3O6S2. The van der Waals surface area contributed by atoms with Gasteiger partial charge in [-0.25, -0.2) is 0 Å². The predicted molar refractivity (Wildman–Crippen MR) is 189 cm³/mol. The Morgan fingerprint density at radius 2 is 1.92 bits per heavy atom. The third-order valence-corrected chi connectivity index (χ3v) is 10.5. The molecule has 48 heavy (non-hydrogen) atoms. The molecule has 1 N–H and O–H groups in total. The number of ketones is 1. The van der Waals surface area contributed by atoms with Gasteiger partial charge in [-0.15, -0.1) is 10.2 Å². The number of hydrogen-bond acceptors (Lipinski definition) is 10. The number of halogens is 1. The SMILES string of the molecule is CCOc1cc([C@@H]2C(=C(O)c3ccc4c(c3)C[C@H](C)O4)C(=O)C(=O)N2c2nnc(SCc3ccccc3Cl)s2)ccc1OCCC(C)C. The molecule has 1 amide bonds. The fourth-order valence-electron chi connectivity index (χ4n) is 5.67. The molecule has 250 valence electrons. The van der Waals surface area contributed by atoms with E-state index in [0.29, 0.717) is 63.3 Å². The molecule has 3 heterocycles. The molecule has 1 aromatic heterocycles. The summed E-state index contributed by atoms with van der Waals surface area (Å²) in [6, 6.07) is 17.2. The molecule has 3 aromatic carbocycles. The van der Waals surface area contributed by atoms with Crippen molar-refractivity contribution in [3.8, 4) is 17.2 Å². The van der Waals surface area contributed by atoms with Gasteiger partial charge >= 0.3 is 5.91 Å². The van der Waals surface area contributed by atoms with Gasteiger partial charge in [-0.3, -0.25) is 14.5 Å². The van der Waals surface area contributed by atoms with Crippen LogP contribution in [0.15, 0.2) is 70.6 Å². The average molecular weight is 706 g/mol. The first-order valence-electron chi connectivity index (χ1n) is 15.8. The number of rotatable bonds is 12. The summed E-state index contributed by atoms with van der Waals surface area (Å²) < 4.78 is 18.5. The van der Waals surface area contributed by atoms with Gasteiger partial charge in [0.05, 0.1) is 24.8 Å². The second-order valence-electron chi connectivity index (χ2n) is 12.0. The highest BCUT2D eigenvalue weighted by molar-refractivity contribution is 8.00. The molecule has 0 radical (unpaired) electrons. The van der Waals surface area contributed by atoms with Crippen LogP contribution in [0.3, 0.4) is 0 Å². The van der Waals surface area contributed by atoms with Crippen molar-refractivity contribution in [3.05, 3.63) is 93.5 Å². The van der Waals surface area contributed by atoms with Crippen molar-refractivity contribution >= 4 is 57.3 Å². The van der Waals surface area contributed by atoms with Gasteiger partial charge in [0, 0.05) is 22.8 Å². The lowest BCUT2D eigenvalue weighted by atomic mass is 9.94. The van der Waals surface area contributed by atoms with E-state index < -0.39 is 17.7 Å². The minimum Gasteiger partial charge on any atom is -0.507 e. The Hall–Kier alpha value is -4.06. The summed E-state index contributed by atoms with van der Waals surface area (Å²) in [5.41, 5.74) is 2.77. The van der Waals surface area contributed by atoms with Crippen LogP contribution < -0.4 is 19.1 Å². The van der Waals surface area contributed by atoms with Crippen LogP contribution in [0.25, 0.3) is 5.76 Å². The topological polar surface area (TPSA) is 111 Å². The number of aliphatic hydroxyl groups excluding tert-OH is 1.